The fraction of sp³-hybridized carbons (Fsp3) is 0.467. The van der Waals surface area contributed by atoms with Crippen LogP contribution < -0.4 is 9.59 Å². The number of hydrogen-bond donors (Lipinski definition) is 0. The van der Waals surface area contributed by atoms with Crippen LogP contribution in [0.15, 0.2) is 29.7 Å². The van der Waals surface area contributed by atoms with Crippen molar-refractivity contribution in [3.05, 3.63) is 35.3 Å². The van der Waals surface area contributed by atoms with Gasteiger partial charge in [-0.15, -0.1) is 0 Å². The van der Waals surface area contributed by atoms with Gasteiger partial charge < -0.3 is 14.2 Å². The number of para-hydroxylation sites is 1. The maximum Gasteiger partial charge on any atom is 0.413 e. The summed E-state index contributed by atoms with van der Waals surface area (Å²) in [5.74, 6) is -0.195. The first-order valence-corrected chi connectivity index (χ1v) is 8.74. The Kier molecular flexibility index (Phi) is 3.70. The highest BCUT2D eigenvalue weighted by Crippen LogP contribution is 2.64. The molecule has 0 aliphatic carbocycles. The van der Waals surface area contributed by atoms with E-state index in [-0.39, 0.29) is 11.2 Å². The van der Waals surface area contributed by atoms with Gasteiger partial charge in [-0.2, -0.15) is 0 Å². The van der Waals surface area contributed by atoms with Crippen LogP contribution in [-0.4, -0.2) is 27.3 Å². The summed E-state index contributed by atoms with van der Waals surface area (Å²) in [5.41, 5.74) is 1.85. The molecule has 0 N–H and O–H groups in total. The molecule has 5 nitrogen and oxygen atoms in total. The first-order chi connectivity index (χ1) is 10.1. The van der Waals surface area contributed by atoms with Crippen molar-refractivity contribution in [3.8, 4) is 0 Å². The molecule has 2 aliphatic rings. The van der Waals surface area contributed by atoms with Gasteiger partial charge in [0.25, 0.3) is 0 Å². The summed E-state index contributed by atoms with van der Waals surface area (Å²) in [7, 11) is -0.880. The van der Waals surface area contributed by atoms with Crippen LogP contribution in [0.25, 0.3) is 5.76 Å². The van der Waals surface area contributed by atoms with Crippen LogP contribution in [0.4, 0.5) is 5.69 Å². The van der Waals surface area contributed by atoms with E-state index >= 15 is 0 Å². The van der Waals surface area contributed by atoms with E-state index < -0.39 is 7.60 Å². The molecule has 0 bridgehead atoms. The monoisotopic (exact) mass is 309 g/mol. The van der Waals surface area contributed by atoms with Crippen molar-refractivity contribution >= 4 is 19.0 Å². The van der Waals surface area contributed by atoms with Crippen molar-refractivity contribution in [2.24, 2.45) is 0 Å². The molecule has 0 saturated carbocycles. The van der Waals surface area contributed by atoms with Crippen molar-refractivity contribution in [2.75, 3.05) is 27.3 Å². The van der Waals surface area contributed by atoms with E-state index in [1.807, 2.05) is 18.2 Å². The lowest BCUT2D eigenvalue weighted by molar-refractivity contribution is -0.244. The molecule has 1 fully saturated rings. The highest BCUT2D eigenvalue weighted by atomic mass is 31.2. The predicted octanol–water partition coefficient (Wildman–Crippen LogP) is 2.66. The molecule has 0 amide bonds. The second kappa shape index (κ2) is 5.25. The Morgan fingerprint density at radius 1 is 1.10 bits per heavy atom. The normalized spacial score (nSPS) is 20.9. The molecule has 2 aliphatic heterocycles. The number of benzene rings is 1. The molecule has 0 atom stereocenters. The third kappa shape index (κ3) is 2.00. The molecule has 0 unspecified atom stereocenters. The standard InChI is InChI=1S/C15H20NO4P/c1-19-21(18,20-2)15-14(17)12-8-4-5-9-13(12)16(15)10-6-3-7-11-16/h4-5,8-9H,3,6-7,10-11H2,1-2H3. The van der Waals surface area contributed by atoms with E-state index in [0.717, 1.165) is 38.0 Å². The molecule has 1 saturated heterocycles. The third-order valence-electron chi connectivity index (χ3n) is 4.54. The van der Waals surface area contributed by atoms with Gasteiger partial charge in [0, 0.05) is 25.8 Å². The predicted molar refractivity (Wildman–Crippen MR) is 80.4 cm³/mol. The van der Waals surface area contributed by atoms with E-state index in [1.54, 1.807) is 6.07 Å². The topological polar surface area (TPSA) is 58.6 Å². The summed E-state index contributed by atoms with van der Waals surface area (Å²) < 4.78 is 23.6. The molecule has 1 spiro atoms. The third-order valence-corrected chi connectivity index (χ3v) is 6.60. The van der Waals surface area contributed by atoms with Gasteiger partial charge >= 0.3 is 7.60 Å². The van der Waals surface area contributed by atoms with Crippen molar-refractivity contribution in [2.45, 2.75) is 19.3 Å². The molecule has 0 radical (unpaired) electrons. The largest absolute Gasteiger partial charge is 0.868 e. The van der Waals surface area contributed by atoms with Gasteiger partial charge in [0.2, 0.25) is 5.44 Å². The lowest BCUT2D eigenvalue weighted by Crippen LogP contribution is -2.50. The van der Waals surface area contributed by atoms with Crippen LogP contribution in [0, 0.1) is 0 Å². The summed E-state index contributed by atoms with van der Waals surface area (Å²) in [5, 5.41) is 12.8. The van der Waals surface area contributed by atoms with Gasteiger partial charge in [0.05, 0.1) is 13.1 Å². The number of quaternary nitrogens is 1. The van der Waals surface area contributed by atoms with Gasteiger partial charge in [-0.3, -0.25) is 4.48 Å². The first kappa shape index (κ1) is 14.8. The Balaban J connectivity index is 2.26. The number of hydrogen-bond acceptors (Lipinski definition) is 4. The van der Waals surface area contributed by atoms with Crippen LogP contribution in [-0.2, 0) is 13.6 Å². The summed E-state index contributed by atoms with van der Waals surface area (Å²) >= 11 is 0. The van der Waals surface area contributed by atoms with Crippen molar-refractivity contribution in [3.63, 3.8) is 0 Å². The fourth-order valence-electron chi connectivity index (χ4n) is 3.58. The lowest BCUT2D eigenvalue weighted by Gasteiger charge is -2.41. The molecule has 0 aromatic heterocycles. The number of nitrogens with zero attached hydrogens (tertiary/aromatic N) is 1. The summed E-state index contributed by atoms with van der Waals surface area (Å²) in [6, 6.07) is 7.52. The Hall–Kier alpha value is -1.13. The second-order valence-corrected chi connectivity index (χ2v) is 7.66. The van der Waals surface area contributed by atoms with Crippen LogP contribution in [0.3, 0.4) is 0 Å². The zero-order valence-corrected chi connectivity index (χ0v) is 13.3. The molecule has 6 heteroatoms. The summed E-state index contributed by atoms with van der Waals surface area (Å²) in [6.45, 7) is 1.55. The van der Waals surface area contributed by atoms with Crippen LogP contribution in [0.2, 0.25) is 0 Å². The van der Waals surface area contributed by atoms with E-state index in [0.29, 0.717) is 10.0 Å². The van der Waals surface area contributed by atoms with E-state index in [4.69, 9.17) is 9.05 Å². The summed E-state index contributed by atoms with van der Waals surface area (Å²) in [6.07, 6.45) is 3.13. The molecular weight excluding hydrogens is 289 g/mol. The van der Waals surface area contributed by atoms with E-state index in [1.165, 1.54) is 14.2 Å². The maximum atomic E-state index is 13.0. The van der Waals surface area contributed by atoms with Crippen molar-refractivity contribution in [1.29, 1.82) is 0 Å². The Morgan fingerprint density at radius 2 is 1.71 bits per heavy atom. The smallest absolute Gasteiger partial charge is 0.413 e. The van der Waals surface area contributed by atoms with Gasteiger partial charge in [-0.1, -0.05) is 12.1 Å². The van der Waals surface area contributed by atoms with Gasteiger partial charge in [0.15, 0.2) is 0 Å². The van der Waals surface area contributed by atoms with Gasteiger partial charge in [0.1, 0.15) is 5.69 Å². The Bertz CT molecular complexity index is 626. The number of rotatable bonds is 3. The summed E-state index contributed by atoms with van der Waals surface area (Å²) in [4.78, 5) is 0. The highest BCUT2D eigenvalue weighted by Gasteiger charge is 2.53. The molecule has 1 aromatic carbocycles. The lowest BCUT2D eigenvalue weighted by atomic mass is 10.1. The second-order valence-electron chi connectivity index (χ2n) is 5.51. The molecule has 114 valence electrons. The van der Waals surface area contributed by atoms with Crippen molar-refractivity contribution in [1.82, 2.24) is 4.48 Å². The fourth-order valence-corrected chi connectivity index (χ4v) is 5.22. The highest BCUT2D eigenvalue weighted by molar-refractivity contribution is 7.58. The molecule has 3 rings (SSSR count). The average Bonchev–Trinajstić information content (AvgIpc) is 2.78. The minimum atomic E-state index is -3.56. The average molecular weight is 309 g/mol. The minimum Gasteiger partial charge on any atom is -0.868 e. The molecule has 1 aromatic rings. The van der Waals surface area contributed by atoms with Crippen LogP contribution in [0.5, 0.6) is 0 Å². The number of piperidine rings is 1. The van der Waals surface area contributed by atoms with Crippen LogP contribution >= 0.6 is 7.60 Å². The zero-order valence-electron chi connectivity index (χ0n) is 12.4. The Labute approximate surface area is 124 Å². The van der Waals surface area contributed by atoms with E-state index in [9.17, 15) is 9.67 Å². The van der Waals surface area contributed by atoms with Gasteiger partial charge in [-0.25, -0.2) is 4.57 Å². The SMILES string of the molecule is COP(=O)(OC)C1=C([O-])c2ccccc2[N+]12CCCCC2. The molecule has 2 heterocycles. The Morgan fingerprint density at radius 3 is 2.33 bits per heavy atom. The van der Waals surface area contributed by atoms with E-state index in [2.05, 4.69) is 0 Å². The quantitative estimate of drug-likeness (QED) is 0.636. The molecular formula is C15H20NO4P. The maximum absolute atomic E-state index is 13.0. The van der Waals surface area contributed by atoms with Crippen molar-refractivity contribution < 1.29 is 18.7 Å². The van der Waals surface area contributed by atoms with Gasteiger partial charge in [-0.05, 0) is 31.1 Å². The number of fused-ring (bicyclic) bond motifs is 2. The zero-order chi connectivity index (χ0) is 15.1. The first-order valence-electron chi connectivity index (χ1n) is 7.20. The van der Waals surface area contributed by atoms with Crippen LogP contribution in [0.1, 0.15) is 24.8 Å². The molecule has 21 heavy (non-hydrogen) atoms. The minimum absolute atomic E-state index is 0.195.